The summed E-state index contributed by atoms with van der Waals surface area (Å²) in [6, 6.07) is 15.5. The van der Waals surface area contributed by atoms with Crippen molar-refractivity contribution in [1.29, 1.82) is 5.26 Å². The van der Waals surface area contributed by atoms with Crippen LogP contribution in [0.5, 0.6) is 5.75 Å². The Morgan fingerprint density at radius 2 is 1.96 bits per heavy atom. The highest BCUT2D eigenvalue weighted by atomic mass is 31.2. The number of aryl methyl sites for hydroxylation is 1. The second kappa shape index (κ2) is 7.85. The summed E-state index contributed by atoms with van der Waals surface area (Å²) in [6.07, 6.45) is 0. The van der Waals surface area contributed by atoms with E-state index in [0.29, 0.717) is 17.8 Å². The van der Waals surface area contributed by atoms with Gasteiger partial charge in [0.25, 0.3) is 0 Å². The molecule has 0 aliphatic heterocycles. The fourth-order valence-corrected chi connectivity index (χ4v) is 3.90. The van der Waals surface area contributed by atoms with Gasteiger partial charge in [-0.2, -0.15) is 5.26 Å². The lowest BCUT2D eigenvalue weighted by atomic mass is 10.1. The van der Waals surface area contributed by atoms with Crippen molar-refractivity contribution in [2.24, 2.45) is 0 Å². The van der Waals surface area contributed by atoms with E-state index in [1.807, 2.05) is 54.0 Å². The molecule has 0 saturated carbocycles. The minimum Gasteiger partial charge on any atom is -0.497 e. The third-order valence-corrected chi connectivity index (χ3v) is 5.08. The van der Waals surface area contributed by atoms with Crippen molar-refractivity contribution in [3.05, 3.63) is 59.3 Å². The first kappa shape index (κ1) is 19.6. The number of nitrogens with one attached hydrogen (secondary N) is 1. The first-order valence-electron chi connectivity index (χ1n) is 8.92. The van der Waals surface area contributed by atoms with Crippen molar-refractivity contribution in [2.75, 3.05) is 25.5 Å². The lowest BCUT2D eigenvalue weighted by Gasteiger charge is -2.10. The van der Waals surface area contributed by atoms with E-state index in [0.717, 1.165) is 27.9 Å². The molecule has 0 aliphatic rings. The number of aromatic nitrogens is 1. The summed E-state index contributed by atoms with van der Waals surface area (Å²) in [6.45, 7) is 6.07. The van der Waals surface area contributed by atoms with E-state index in [4.69, 9.17) is 4.74 Å². The van der Waals surface area contributed by atoms with Gasteiger partial charge in [0.15, 0.2) is 7.29 Å². The number of hydrogen-bond donors (Lipinski definition) is 1. The molecule has 0 radical (unpaired) electrons. The largest absolute Gasteiger partial charge is 0.497 e. The Hall–Kier alpha value is -3.14. The summed E-state index contributed by atoms with van der Waals surface area (Å²) in [7, 11) is -0.771. The predicted octanol–water partition coefficient (Wildman–Crippen LogP) is 4.89. The zero-order valence-electron chi connectivity index (χ0n) is 16.4. The molecule has 0 unspecified atom stereocenters. The molecule has 5 nitrogen and oxygen atoms in total. The van der Waals surface area contributed by atoms with Crippen LogP contribution in [-0.2, 0) is 11.1 Å². The van der Waals surface area contributed by atoms with E-state index < -0.39 is 7.29 Å². The van der Waals surface area contributed by atoms with Gasteiger partial charge in [0.2, 0.25) is 0 Å². The molecule has 1 aromatic heterocycles. The average molecular weight is 391 g/mol. The highest BCUT2D eigenvalue weighted by Crippen LogP contribution is 2.36. The number of ether oxygens (including phenoxy) is 1. The molecular weight excluding hydrogens is 369 g/mol. The van der Waals surface area contributed by atoms with Crippen molar-refractivity contribution in [3.63, 3.8) is 0 Å². The van der Waals surface area contributed by atoms with Crippen LogP contribution in [-0.4, -0.2) is 25.0 Å². The monoisotopic (exact) mass is 391 g/mol. The van der Waals surface area contributed by atoms with Gasteiger partial charge in [0, 0.05) is 42.6 Å². The van der Waals surface area contributed by atoms with Gasteiger partial charge in [-0.25, -0.2) is 0 Å². The molecule has 0 saturated heterocycles. The molecule has 0 spiro atoms. The van der Waals surface area contributed by atoms with Crippen LogP contribution in [0.2, 0.25) is 0 Å². The van der Waals surface area contributed by atoms with Crippen LogP contribution in [0.3, 0.4) is 0 Å². The number of nitriles is 1. The number of fused-ring (bicyclic) bond motifs is 1. The van der Waals surface area contributed by atoms with Gasteiger partial charge in [-0.1, -0.05) is 12.0 Å². The number of hydrogen-bond acceptors (Lipinski definition) is 3. The number of methoxy groups -OCH3 is 1. The molecule has 0 fully saturated rings. The number of benzene rings is 2. The van der Waals surface area contributed by atoms with Gasteiger partial charge in [-0.3, -0.25) is 0 Å². The summed E-state index contributed by atoms with van der Waals surface area (Å²) in [5, 5.41) is 13.6. The first-order chi connectivity index (χ1) is 13.4. The summed E-state index contributed by atoms with van der Waals surface area (Å²) in [5.41, 5.74) is 3.72. The van der Waals surface area contributed by atoms with Crippen LogP contribution in [0.15, 0.2) is 42.5 Å². The quantitative estimate of drug-likeness (QED) is 0.508. The molecule has 1 heterocycles. The molecule has 3 rings (SSSR count). The Morgan fingerprint density at radius 1 is 1.18 bits per heavy atom. The summed E-state index contributed by atoms with van der Waals surface area (Å²) >= 11 is 0. The summed E-state index contributed by atoms with van der Waals surface area (Å²) in [5.74, 6) is 7.05. The van der Waals surface area contributed by atoms with Crippen molar-refractivity contribution < 1.29 is 9.30 Å². The molecule has 28 heavy (non-hydrogen) atoms. The second-order valence-corrected chi connectivity index (χ2v) is 9.68. The maximum absolute atomic E-state index is 12.0. The Kier molecular flexibility index (Phi) is 5.50. The van der Waals surface area contributed by atoms with Crippen LogP contribution in [0.1, 0.15) is 23.7 Å². The molecule has 142 valence electrons. The lowest BCUT2D eigenvalue weighted by molar-refractivity contribution is 0.415. The van der Waals surface area contributed by atoms with E-state index >= 15 is 0 Å². The zero-order valence-corrected chi connectivity index (χ0v) is 17.3. The van der Waals surface area contributed by atoms with Crippen molar-refractivity contribution in [2.45, 2.75) is 13.5 Å². The van der Waals surface area contributed by atoms with Crippen molar-refractivity contribution in [1.82, 2.24) is 4.57 Å². The lowest BCUT2D eigenvalue weighted by Crippen LogP contribution is -1.98. The number of nitrogens with zero attached hydrogens (tertiary/aromatic N) is 2. The van der Waals surface area contributed by atoms with Gasteiger partial charge in [0.1, 0.15) is 17.5 Å². The Balaban J connectivity index is 2.10. The highest BCUT2D eigenvalue weighted by Gasteiger charge is 2.15. The van der Waals surface area contributed by atoms with E-state index in [-0.39, 0.29) is 0 Å². The molecular formula is C22H22N3O2P. The normalized spacial score (nSPS) is 10.8. The number of anilines is 1. The third-order valence-electron chi connectivity index (χ3n) is 4.29. The van der Waals surface area contributed by atoms with Crippen LogP contribution in [0, 0.1) is 23.2 Å². The van der Waals surface area contributed by atoms with Gasteiger partial charge in [-0.05, 0) is 43.2 Å². The molecule has 3 aromatic rings. The maximum atomic E-state index is 12.0. The standard InChI is InChI=1S/C22H22N3O2P/c1-5-25-21(20(15-23)19-11-10-18(27-2)14-22(19)25)12-9-16-7-6-8-17(13-16)24-28(3,4)26/h6-8,10-11,13-14H,5H2,1-4H3,(H,24,26). The first-order valence-corrected chi connectivity index (χ1v) is 11.5. The Morgan fingerprint density at radius 3 is 2.61 bits per heavy atom. The predicted molar refractivity (Wildman–Crippen MR) is 114 cm³/mol. The summed E-state index contributed by atoms with van der Waals surface area (Å²) < 4.78 is 19.3. The minimum atomic E-state index is -2.39. The van der Waals surface area contributed by atoms with Gasteiger partial charge >= 0.3 is 0 Å². The summed E-state index contributed by atoms with van der Waals surface area (Å²) in [4.78, 5) is 0. The van der Waals surface area contributed by atoms with Gasteiger partial charge in [0.05, 0.1) is 18.2 Å². The van der Waals surface area contributed by atoms with E-state index in [9.17, 15) is 9.83 Å². The SMILES string of the molecule is CCn1c(C#Cc2cccc(NP(C)(C)=O)c2)c(C#N)c2ccc(OC)cc21. The van der Waals surface area contributed by atoms with Crippen LogP contribution < -0.4 is 9.82 Å². The highest BCUT2D eigenvalue weighted by molar-refractivity contribution is 7.63. The van der Waals surface area contributed by atoms with Crippen LogP contribution in [0.25, 0.3) is 10.9 Å². The topological polar surface area (TPSA) is 67.0 Å². The molecule has 1 N–H and O–H groups in total. The average Bonchev–Trinajstić information content (AvgIpc) is 2.96. The third kappa shape index (κ3) is 4.06. The minimum absolute atomic E-state index is 0.563. The van der Waals surface area contributed by atoms with Crippen molar-refractivity contribution >= 4 is 23.9 Å². The Bertz CT molecular complexity index is 1190. The number of rotatable bonds is 4. The molecule has 0 aliphatic carbocycles. The van der Waals surface area contributed by atoms with E-state index in [2.05, 4.69) is 23.0 Å². The molecule has 6 heteroatoms. The van der Waals surface area contributed by atoms with E-state index in [1.54, 1.807) is 20.4 Å². The van der Waals surface area contributed by atoms with E-state index in [1.165, 1.54) is 0 Å². The fourth-order valence-electron chi connectivity index (χ4n) is 3.14. The molecule has 0 atom stereocenters. The maximum Gasteiger partial charge on any atom is 0.164 e. The zero-order chi connectivity index (χ0) is 20.3. The Labute approximate surface area is 165 Å². The molecule has 0 amide bonds. The van der Waals surface area contributed by atoms with Gasteiger partial charge < -0.3 is 19.0 Å². The van der Waals surface area contributed by atoms with Crippen LogP contribution in [0.4, 0.5) is 5.69 Å². The second-order valence-electron chi connectivity index (χ2n) is 6.76. The fraction of sp³-hybridized carbons (Fsp3) is 0.227. The van der Waals surface area contributed by atoms with Crippen LogP contribution >= 0.6 is 7.29 Å². The molecule has 0 bridgehead atoms. The smallest absolute Gasteiger partial charge is 0.164 e. The van der Waals surface area contributed by atoms with Gasteiger partial charge in [-0.15, -0.1) is 0 Å². The molecule has 2 aromatic carbocycles. The van der Waals surface area contributed by atoms with Crippen molar-refractivity contribution in [3.8, 4) is 23.7 Å².